The lowest BCUT2D eigenvalue weighted by atomic mass is 10.1. The van der Waals surface area contributed by atoms with Crippen molar-refractivity contribution in [3.63, 3.8) is 0 Å². The van der Waals surface area contributed by atoms with Crippen molar-refractivity contribution in [3.05, 3.63) is 0 Å². The van der Waals surface area contributed by atoms with Gasteiger partial charge in [-0.05, 0) is 25.7 Å². The first-order valence-electron chi connectivity index (χ1n) is 8.36. The van der Waals surface area contributed by atoms with Crippen LogP contribution in [0, 0.1) is 11.8 Å². The van der Waals surface area contributed by atoms with Crippen molar-refractivity contribution < 1.29 is 9.59 Å². The van der Waals surface area contributed by atoms with Crippen LogP contribution in [0.15, 0.2) is 8.68 Å². The Morgan fingerprint density at radius 1 is 0.840 bits per heavy atom. The summed E-state index contributed by atoms with van der Waals surface area (Å²) in [5.41, 5.74) is 0. The van der Waals surface area contributed by atoms with E-state index in [-0.39, 0.29) is 23.9 Å². The zero-order valence-electron chi connectivity index (χ0n) is 15.7. The van der Waals surface area contributed by atoms with Crippen molar-refractivity contribution in [2.75, 3.05) is 11.5 Å². The van der Waals surface area contributed by atoms with Gasteiger partial charge in [-0.25, -0.2) is 0 Å². The highest BCUT2D eigenvalue weighted by Gasteiger charge is 2.14. The molecular formula is C16H28N4O2S3. The van der Waals surface area contributed by atoms with E-state index in [1.165, 1.54) is 34.9 Å². The lowest BCUT2D eigenvalue weighted by Crippen LogP contribution is -2.37. The fourth-order valence-electron chi connectivity index (χ4n) is 1.49. The monoisotopic (exact) mass is 404 g/mol. The Kier molecular flexibility index (Phi) is 9.81. The van der Waals surface area contributed by atoms with E-state index in [0.29, 0.717) is 23.3 Å². The highest BCUT2D eigenvalue weighted by molar-refractivity contribution is 8.03. The first-order chi connectivity index (χ1) is 11.7. The summed E-state index contributed by atoms with van der Waals surface area (Å²) in [5, 5.41) is 14.1. The molecule has 1 aromatic heterocycles. The minimum Gasteiger partial charge on any atom is -0.353 e. The van der Waals surface area contributed by atoms with Crippen molar-refractivity contribution >= 4 is 46.7 Å². The van der Waals surface area contributed by atoms with Crippen LogP contribution in [0.4, 0.5) is 0 Å². The number of hydrogen-bond acceptors (Lipinski definition) is 7. The van der Waals surface area contributed by atoms with E-state index in [9.17, 15) is 9.59 Å². The molecule has 1 rings (SSSR count). The molecule has 0 saturated heterocycles. The third-order valence-electron chi connectivity index (χ3n) is 3.82. The summed E-state index contributed by atoms with van der Waals surface area (Å²) < 4.78 is 1.48. The third-order valence-corrected chi connectivity index (χ3v) is 7.01. The van der Waals surface area contributed by atoms with Crippen LogP contribution in [-0.4, -0.2) is 45.6 Å². The van der Waals surface area contributed by atoms with E-state index in [2.05, 4.69) is 48.5 Å². The Labute approximate surface area is 162 Å². The molecule has 2 atom stereocenters. The van der Waals surface area contributed by atoms with E-state index in [1.54, 1.807) is 0 Å². The van der Waals surface area contributed by atoms with Crippen LogP contribution in [0.1, 0.15) is 41.5 Å². The van der Waals surface area contributed by atoms with Crippen LogP contribution in [0.5, 0.6) is 0 Å². The number of carbonyl (C=O) groups excluding carboxylic acids is 2. The minimum absolute atomic E-state index is 0.00217. The maximum absolute atomic E-state index is 11.9. The van der Waals surface area contributed by atoms with Crippen LogP contribution in [0.25, 0.3) is 0 Å². The van der Waals surface area contributed by atoms with E-state index in [1.807, 2.05) is 13.8 Å². The molecule has 0 spiro atoms. The second-order valence-corrected chi connectivity index (χ2v) is 10.0. The number of rotatable bonds is 10. The normalized spacial score (nSPS) is 13.8. The lowest BCUT2D eigenvalue weighted by Gasteiger charge is -2.16. The molecule has 0 aliphatic heterocycles. The number of thioether (sulfide) groups is 2. The molecule has 25 heavy (non-hydrogen) atoms. The van der Waals surface area contributed by atoms with Gasteiger partial charge in [-0.3, -0.25) is 9.59 Å². The first kappa shape index (κ1) is 22.2. The largest absolute Gasteiger partial charge is 0.353 e. The molecule has 2 amide bonds. The van der Waals surface area contributed by atoms with Gasteiger partial charge in [-0.1, -0.05) is 62.6 Å². The van der Waals surface area contributed by atoms with E-state index in [0.717, 1.165) is 8.68 Å². The van der Waals surface area contributed by atoms with E-state index in [4.69, 9.17) is 0 Å². The van der Waals surface area contributed by atoms with Gasteiger partial charge in [0.1, 0.15) is 0 Å². The van der Waals surface area contributed by atoms with Crippen molar-refractivity contribution in [3.8, 4) is 0 Å². The predicted molar refractivity (Wildman–Crippen MR) is 106 cm³/mol. The highest BCUT2D eigenvalue weighted by Crippen LogP contribution is 2.28. The Bertz CT molecular complexity index is 517. The fourth-order valence-corrected chi connectivity index (χ4v) is 4.14. The van der Waals surface area contributed by atoms with Crippen LogP contribution in [-0.2, 0) is 9.59 Å². The molecule has 0 aliphatic carbocycles. The lowest BCUT2D eigenvalue weighted by molar-refractivity contribution is -0.120. The zero-order chi connectivity index (χ0) is 19.0. The van der Waals surface area contributed by atoms with Gasteiger partial charge < -0.3 is 10.6 Å². The molecule has 1 heterocycles. The van der Waals surface area contributed by atoms with Crippen molar-refractivity contribution in [1.82, 2.24) is 20.8 Å². The molecule has 0 fully saturated rings. The molecule has 9 heteroatoms. The van der Waals surface area contributed by atoms with Gasteiger partial charge in [0.05, 0.1) is 11.5 Å². The van der Waals surface area contributed by atoms with Gasteiger partial charge in [-0.2, -0.15) is 0 Å². The topological polar surface area (TPSA) is 84.0 Å². The Morgan fingerprint density at radius 2 is 1.20 bits per heavy atom. The summed E-state index contributed by atoms with van der Waals surface area (Å²) in [6, 6.07) is 0.306. The molecular weight excluding hydrogens is 376 g/mol. The maximum Gasteiger partial charge on any atom is 0.230 e. The number of hydrogen-bond donors (Lipinski definition) is 2. The van der Waals surface area contributed by atoms with Crippen molar-refractivity contribution in [1.29, 1.82) is 0 Å². The standard InChI is InChI=1S/C16H28N4O2S3/c1-9(2)11(5)17-13(21)7-23-15-19-20-16(25-15)24-8-14(22)18-12(6)10(3)4/h9-12H,7-8H2,1-6H3,(H,17,21)(H,18,22)/t11-,12+. The van der Waals surface area contributed by atoms with Crippen LogP contribution in [0.2, 0.25) is 0 Å². The smallest absolute Gasteiger partial charge is 0.230 e. The average molecular weight is 405 g/mol. The quantitative estimate of drug-likeness (QED) is 0.583. The van der Waals surface area contributed by atoms with Gasteiger partial charge >= 0.3 is 0 Å². The zero-order valence-corrected chi connectivity index (χ0v) is 18.1. The molecule has 0 aromatic carbocycles. The van der Waals surface area contributed by atoms with E-state index >= 15 is 0 Å². The fraction of sp³-hybridized carbons (Fsp3) is 0.750. The summed E-state index contributed by atoms with van der Waals surface area (Å²) in [6.07, 6.45) is 0. The molecule has 0 aliphatic rings. The van der Waals surface area contributed by atoms with Crippen LogP contribution >= 0.6 is 34.9 Å². The molecule has 6 nitrogen and oxygen atoms in total. The average Bonchev–Trinajstić information content (AvgIpc) is 2.98. The first-order valence-corrected chi connectivity index (χ1v) is 11.2. The SMILES string of the molecule is CC(C)[C@H](C)NC(=O)CSc1nnc(SCC(=O)N[C@H](C)C(C)C)s1. The summed E-state index contributed by atoms with van der Waals surface area (Å²) in [6.45, 7) is 12.3. The van der Waals surface area contributed by atoms with Gasteiger partial charge in [0, 0.05) is 12.1 Å². The second-order valence-electron chi connectivity index (χ2n) is 6.61. The molecule has 0 radical (unpaired) electrons. The van der Waals surface area contributed by atoms with Gasteiger partial charge in [0.15, 0.2) is 8.68 Å². The summed E-state index contributed by atoms with van der Waals surface area (Å²) in [4.78, 5) is 23.8. The van der Waals surface area contributed by atoms with Crippen molar-refractivity contribution in [2.24, 2.45) is 11.8 Å². The Hall–Kier alpha value is -0.800. The van der Waals surface area contributed by atoms with Gasteiger partial charge in [-0.15, -0.1) is 10.2 Å². The Morgan fingerprint density at radius 3 is 1.52 bits per heavy atom. The maximum atomic E-state index is 11.9. The van der Waals surface area contributed by atoms with Gasteiger partial charge in [0.2, 0.25) is 11.8 Å². The summed E-state index contributed by atoms with van der Waals surface area (Å²) in [5.74, 6) is 1.45. The number of carbonyl (C=O) groups is 2. The van der Waals surface area contributed by atoms with E-state index < -0.39 is 0 Å². The highest BCUT2D eigenvalue weighted by atomic mass is 32.2. The number of aromatic nitrogens is 2. The molecule has 0 unspecified atom stereocenters. The minimum atomic E-state index is -0.00217. The third kappa shape index (κ3) is 8.91. The Balaban J connectivity index is 2.34. The second kappa shape index (κ2) is 11.0. The molecule has 2 N–H and O–H groups in total. The molecule has 1 aromatic rings. The van der Waals surface area contributed by atoms with Crippen LogP contribution in [0.3, 0.4) is 0 Å². The number of nitrogens with one attached hydrogen (secondary N) is 2. The van der Waals surface area contributed by atoms with Crippen molar-refractivity contribution in [2.45, 2.75) is 62.3 Å². The van der Waals surface area contributed by atoms with Gasteiger partial charge in [0.25, 0.3) is 0 Å². The molecule has 142 valence electrons. The molecule has 0 saturated carbocycles. The predicted octanol–water partition coefficient (Wildman–Crippen LogP) is 3.04. The summed E-state index contributed by atoms with van der Waals surface area (Å²) in [7, 11) is 0. The van der Waals surface area contributed by atoms with Crippen LogP contribution < -0.4 is 10.6 Å². The number of nitrogens with zero attached hydrogens (tertiary/aromatic N) is 2. The number of amides is 2. The molecule has 0 bridgehead atoms. The summed E-state index contributed by atoms with van der Waals surface area (Å²) >= 11 is 4.15.